The molecule has 3 fully saturated rings. The van der Waals surface area contributed by atoms with Crippen LogP contribution >= 0.6 is 0 Å². The van der Waals surface area contributed by atoms with Gasteiger partial charge in [-0.3, -0.25) is 4.90 Å². The fourth-order valence-corrected chi connectivity index (χ4v) is 6.82. The minimum Gasteiger partial charge on any atom is -0.389 e. The molecule has 3 aliphatic rings. The molecular formula is C34H50N2O. The lowest BCUT2D eigenvalue weighted by atomic mass is 9.61. The molecule has 2 aromatic carbocycles. The SMILES string of the molecule is C=C(C)[C@@]1(Cc2ccccc2)CC[C@](C)(O)[C@@H](N2CCCCC2)C1.c1ccc(CC2CCNCC2)cc1. The quantitative estimate of drug-likeness (QED) is 0.426. The Labute approximate surface area is 226 Å². The van der Waals surface area contributed by atoms with Crippen molar-refractivity contribution < 1.29 is 5.11 Å². The summed E-state index contributed by atoms with van der Waals surface area (Å²) in [6.45, 7) is 13.3. The highest BCUT2D eigenvalue weighted by Gasteiger charge is 2.48. The number of piperidine rings is 2. The molecule has 2 aliphatic heterocycles. The molecule has 0 amide bonds. The fourth-order valence-electron chi connectivity index (χ4n) is 6.82. The Balaban J connectivity index is 0.000000207. The summed E-state index contributed by atoms with van der Waals surface area (Å²) in [6.07, 6.45) is 11.8. The first-order valence-corrected chi connectivity index (χ1v) is 14.8. The average molecular weight is 503 g/mol. The van der Waals surface area contributed by atoms with Crippen LogP contribution in [0.3, 0.4) is 0 Å². The summed E-state index contributed by atoms with van der Waals surface area (Å²) in [6, 6.07) is 21.9. The van der Waals surface area contributed by atoms with E-state index in [9.17, 15) is 5.11 Å². The number of likely N-dealkylation sites (tertiary alicyclic amines) is 1. The highest BCUT2D eigenvalue weighted by molar-refractivity contribution is 5.23. The fraction of sp³-hybridized carbons (Fsp3) is 0.588. The smallest absolute Gasteiger partial charge is 0.0774 e. The van der Waals surface area contributed by atoms with Crippen LogP contribution in [-0.2, 0) is 12.8 Å². The Kier molecular flexibility index (Phi) is 10.0. The number of nitrogens with one attached hydrogen (secondary N) is 1. The van der Waals surface area contributed by atoms with E-state index in [1.54, 1.807) is 0 Å². The maximum Gasteiger partial charge on any atom is 0.0774 e. The summed E-state index contributed by atoms with van der Waals surface area (Å²) in [5.74, 6) is 0.906. The van der Waals surface area contributed by atoms with Crippen LogP contribution in [0.2, 0.25) is 0 Å². The van der Waals surface area contributed by atoms with Crippen molar-refractivity contribution in [1.29, 1.82) is 0 Å². The van der Waals surface area contributed by atoms with Gasteiger partial charge >= 0.3 is 0 Å². The third-order valence-electron chi connectivity index (χ3n) is 9.36. The summed E-state index contributed by atoms with van der Waals surface area (Å²) < 4.78 is 0. The molecule has 3 atom stereocenters. The van der Waals surface area contributed by atoms with Crippen molar-refractivity contribution in [1.82, 2.24) is 10.2 Å². The van der Waals surface area contributed by atoms with E-state index in [-0.39, 0.29) is 11.5 Å². The largest absolute Gasteiger partial charge is 0.389 e. The lowest BCUT2D eigenvalue weighted by Crippen LogP contribution is -2.58. The monoisotopic (exact) mass is 502 g/mol. The van der Waals surface area contributed by atoms with Gasteiger partial charge in [0.05, 0.1) is 5.60 Å². The first-order valence-electron chi connectivity index (χ1n) is 14.8. The molecule has 2 N–H and O–H groups in total. The summed E-state index contributed by atoms with van der Waals surface area (Å²) in [5.41, 5.74) is 3.70. The maximum atomic E-state index is 11.1. The number of benzene rings is 2. The number of nitrogens with zero attached hydrogens (tertiary/aromatic N) is 1. The highest BCUT2D eigenvalue weighted by atomic mass is 16.3. The van der Waals surface area contributed by atoms with Gasteiger partial charge in [-0.05, 0) is 120 Å². The maximum absolute atomic E-state index is 11.1. The Hall–Kier alpha value is -1.94. The molecule has 3 nitrogen and oxygen atoms in total. The van der Waals surface area contributed by atoms with E-state index >= 15 is 0 Å². The highest BCUT2D eigenvalue weighted by Crippen LogP contribution is 2.49. The zero-order valence-electron chi connectivity index (χ0n) is 23.4. The van der Waals surface area contributed by atoms with E-state index in [1.165, 1.54) is 68.3 Å². The van der Waals surface area contributed by atoms with Gasteiger partial charge in [0.1, 0.15) is 0 Å². The van der Waals surface area contributed by atoms with E-state index < -0.39 is 5.60 Å². The topological polar surface area (TPSA) is 35.5 Å². The molecular weight excluding hydrogens is 452 g/mol. The van der Waals surface area contributed by atoms with Crippen molar-refractivity contribution >= 4 is 0 Å². The van der Waals surface area contributed by atoms with Crippen LogP contribution in [-0.4, -0.2) is 47.8 Å². The van der Waals surface area contributed by atoms with Crippen LogP contribution in [0.15, 0.2) is 72.8 Å². The van der Waals surface area contributed by atoms with E-state index in [0.717, 1.165) is 44.7 Å². The molecule has 5 rings (SSSR count). The molecule has 0 aromatic heterocycles. The predicted octanol–water partition coefficient (Wildman–Crippen LogP) is 6.81. The molecule has 0 bridgehead atoms. The van der Waals surface area contributed by atoms with Crippen LogP contribution in [0.1, 0.15) is 76.3 Å². The van der Waals surface area contributed by atoms with Crippen molar-refractivity contribution in [3.8, 4) is 0 Å². The van der Waals surface area contributed by atoms with Crippen molar-refractivity contribution in [2.45, 2.75) is 89.7 Å². The van der Waals surface area contributed by atoms with Crippen LogP contribution < -0.4 is 5.32 Å². The van der Waals surface area contributed by atoms with Crippen molar-refractivity contribution in [2.24, 2.45) is 11.3 Å². The van der Waals surface area contributed by atoms with Gasteiger partial charge in [0.15, 0.2) is 0 Å². The third kappa shape index (κ3) is 7.78. The van der Waals surface area contributed by atoms with Crippen LogP contribution in [0, 0.1) is 11.3 Å². The van der Waals surface area contributed by atoms with Gasteiger partial charge in [-0.2, -0.15) is 0 Å². The normalized spacial score (nSPS) is 29.2. The standard InChI is InChI=1S/C22H33NO.C12H17N/c1-18(2)22(16-19-10-6-4-7-11-19)13-12-21(3,24)20(17-22)23-14-8-5-9-15-23;1-2-4-11(5-3-1)10-12-6-8-13-9-7-12/h4,6-7,10-11,20,24H,1,5,8-9,12-17H2,2-3H3;1-5,12-13H,6-10H2/t20-,21-,22+;/m0./s1. The lowest BCUT2D eigenvalue weighted by molar-refractivity contribution is -0.0913. The van der Waals surface area contributed by atoms with Gasteiger partial charge in [0, 0.05) is 6.04 Å². The Morgan fingerprint density at radius 1 is 0.919 bits per heavy atom. The van der Waals surface area contributed by atoms with Gasteiger partial charge in [-0.1, -0.05) is 79.2 Å². The third-order valence-corrected chi connectivity index (χ3v) is 9.36. The van der Waals surface area contributed by atoms with Crippen molar-refractivity contribution in [3.63, 3.8) is 0 Å². The Morgan fingerprint density at radius 3 is 2.11 bits per heavy atom. The van der Waals surface area contributed by atoms with Crippen LogP contribution in [0.25, 0.3) is 0 Å². The number of rotatable bonds is 6. The second-order valence-electron chi connectivity index (χ2n) is 12.3. The predicted molar refractivity (Wildman–Crippen MR) is 157 cm³/mol. The van der Waals surface area contributed by atoms with Gasteiger partial charge in [0.25, 0.3) is 0 Å². The number of allylic oxidation sites excluding steroid dienone is 1. The van der Waals surface area contributed by atoms with Crippen LogP contribution in [0.4, 0.5) is 0 Å². The van der Waals surface area contributed by atoms with E-state index in [0.29, 0.717) is 0 Å². The second kappa shape index (κ2) is 13.2. The zero-order chi connectivity index (χ0) is 26.1. The summed E-state index contributed by atoms with van der Waals surface area (Å²) >= 11 is 0. The first kappa shape index (κ1) is 28.1. The van der Waals surface area contributed by atoms with Gasteiger partial charge in [0.2, 0.25) is 0 Å². The molecule has 202 valence electrons. The number of aliphatic hydroxyl groups is 1. The number of hydrogen-bond acceptors (Lipinski definition) is 3. The molecule has 1 aliphatic carbocycles. The molecule has 1 saturated carbocycles. The molecule has 0 unspecified atom stereocenters. The molecule has 2 saturated heterocycles. The summed E-state index contributed by atoms with van der Waals surface area (Å²) in [7, 11) is 0. The minimum atomic E-state index is -0.576. The first-order chi connectivity index (χ1) is 17.9. The zero-order valence-corrected chi connectivity index (χ0v) is 23.4. The molecule has 37 heavy (non-hydrogen) atoms. The Bertz CT molecular complexity index is 944. The summed E-state index contributed by atoms with van der Waals surface area (Å²) in [5, 5.41) is 14.5. The van der Waals surface area contributed by atoms with Gasteiger partial charge < -0.3 is 10.4 Å². The molecule has 0 radical (unpaired) electrons. The van der Waals surface area contributed by atoms with Gasteiger partial charge in [-0.15, -0.1) is 0 Å². The summed E-state index contributed by atoms with van der Waals surface area (Å²) in [4.78, 5) is 2.56. The number of hydrogen-bond donors (Lipinski definition) is 2. The molecule has 3 heteroatoms. The van der Waals surface area contributed by atoms with Gasteiger partial charge in [-0.25, -0.2) is 0 Å². The second-order valence-corrected chi connectivity index (χ2v) is 12.3. The Morgan fingerprint density at radius 2 is 1.51 bits per heavy atom. The van der Waals surface area contributed by atoms with Crippen molar-refractivity contribution in [3.05, 3.63) is 83.9 Å². The van der Waals surface area contributed by atoms with E-state index in [4.69, 9.17) is 0 Å². The molecule has 2 heterocycles. The van der Waals surface area contributed by atoms with Crippen LogP contribution in [0.5, 0.6) is 0 Å². The minimum absolute atomic E-state index is 0.117. The lowest BCUT2D eigenvalue weighted by Gasteiger charge is -2.53. The molecule has 0 spiro atoms. The van der Waals surface area contributed by atoms with E-state index in [2.05, 4.69) is 91.3 Å². The van der Waals surface area contributed by atoms with Crippen molar-refractivity contribution in [2.75, 3.05) is 26.2 Å². The average Bonchev–Trinajstić information content (AvgIpc) is 2.92. The van der Waals surface area contributed by atoms with E-state index in [1.807, 2.05) is 0 Å². The molecule has 2 aromatic rings.